The summed E-state index contributed by atoms with van der Waals surface area (Å²) >= 11 is 0. The fourth-order valence-corrected chi connectivity index (χ4v) is 5.80. The lowest BCUT2D eigenvalue weighted by atomic mass is 9.95. The van der Waals surface area contributed by atoms with Crippen LogP contribution in [0, 0.1) is 5.92 Å². The van der Waals surface area contributed by atoms with Crippen molar-refractivity contribution in [2.24, 2.45) is 13.0 Å². The quantitative estimate of drug-likeness (QED) is 0.391. The van der Waals surface area contributed by atoms with Gasteiger partial charge in [-0.15, -0.1) is 0 Å². The van der Waals surface area contributed by atoms with Crippen LogP contribution in [0.4, 0.5) is 18.9 Å². The number of nitrogens with one attached hydrogen (secondary N) is 1. The predicted molar refractivity (Wildman–Crippen MR) is 149 cm³/mol. The molecule has 1 N–H and O–H groups in total. The molecule has 0 atom stereocenters. The van der Waals surface area contributed by atoms with E-state index >= 15 is 0 Å². The maximum absolute atomic E-state index is 13.3. The van der Waals surface area contributed by atoms with E-state index in [1.165, 1.54) is 44.5 Å². The van der Waals surface area contributed by atoms with Gasteiger partial charge in [-0.3, -0.25) is 9.59 Å². The molecular weight excluding hydrogens is 517 g/mol. The lowest BCUT2D eigenvalue weighted by Crippen LogP contribution is -2.43. The van der Waals surface area contributed by atoms with Crippen LogP contribution in [0.5, 0.6) is 0 Å². The maximum Gasteiger partial charge on any atom is 0.416 e. The molecule has 2 aliphatic rings. The molecular formula is C31H35F3N4O2. The zero-order chi connectivity index (χ0) is 28.3. The minimum atomic E-state index is -4.43. The largest absolute Gasteiger partial charge is 0.416 e. The molecule has 3 aromatic rings. The number of rotatable bonds is 6. The molecule has 0 unspecified atom stereocenters. The van der Waals surface area contributed by atoms with E-state index in [1.54, 1.807) is 48.1 Å². The summed E-state index contributed by atoms with van der Waals surface area (Å²) in [6.07, 6.45) is 3.16. The SMILES string of the molecule is Cn1cc(NC(=O)c2ccccc2-c2ccc(C(F)(F)F)cc2)cc1C(=O)N1CCC(CN2CCCCC2)CC1. The van der Waals surface area contributed by atoms with Gasteiger partial charge in [-0.05, 0) is 80.1 Å². The molecule has 9 heteroatoms. The van der Waals surface area contributed by atoms with Gasteiger partial charge < -0.3 is 19.7 Å². The van der Waals surface area contributed by atoms with Gasteiger partial charge in [0.15, 0.2) is 0 Å². The molecule has 1 aromatic heterocycles. The molecule has 2 saturated heterocycles. The molecule has 0 saturated carbocycles. The molecule has 2 aromatic carbocycles. The second kappa shape index (κ2) is 11.9. The van der Waals surface area contributed by atoms with Crippen LogP contribution in [0.1, 0.15) is 58.5 Å². The summed E-state index contributed by atoms with van der Waals surface area (Å²) in [6.45, 7) is 4.95. The second-order valence-electron chi connectivity index (χ2n) is 10.9. The summed E-state index contributed by atoms with van der Waals surface area (Å²) in [6, 6.07) is 13.2. The van der Waals surface area contributed by atoms with Gasteiger partial charge in [0.05, 0.1) is 11.3 Å². The number of nitrogens with zero attached hydrogens (tertiary/aromatic N) is 3. The van der Waals surface area contributed by atoms with Crippen LogP contribution in [0.3, 0.4) is 0 Å². The third-order valence-corrected chi connectivity index (χ3v) is 8.04. The van der Waals surface area contributed by atoms with Crippen LogP contribution in [-0.2, 0) is 13.2 Å². The molecule has 2 amide bonds. The number of amides is 2. The van der Waals surface area contributed by atoms with Crippen molar-refractivity contribution < 1.29 is 22.8 Å². The summed E-state index contributed by atoms with van der Waals surface area (Å²) in [5, 5.41) is 2.86. The van der Waals surface area contributed by atoms with Crippen molar-refractivity contribution in [3.8, 4) is 11.1 Å². The minimum Gasteiger partial charge on any atom is -0.344 e. The van der Waals surface area contributed by atoms with Crippen molar-refractivity contribution in [3.63, 3.8) is 0 Å². The Morgan fingerprint density at radius 2 is 1.60 bits per heavy atom. The fraction of sp³-hybridized carbons (Fsp3) is 0.419. The van der Waals surface area contributed by atoms with E-state index in [-0.39, 0.29) is 5.91 Å². The molecule has 5 rings (SSSR count). The van der Waals surface area contributed by atoms with Crippen molar-refractivity contribution in [2.75, 3.05) is 38.0 Å². The Bertz CT molecular complexity index is 1340. The van der Waals surface area contributed by atoms with Crippen LogP contribution >= 0.6 is 0 Å². The zero-order valence-corrected chi connectivity index (χ0v) is 22.7. The van der Waals surface area contributed by atoms with Gasteiger partial charge in [0.2, 0.25) is 0 Å². The highest BCUT2D eigenvalue weighted by molar-refractivity contribution is 6.09. The third kappa shape index (κ3) is 6.41. The van der Waals surface area contributed by atoms with E-state index in [0.717, 1.165) is 44.6 Å². The van der Waals surface area contributed by atoms with E-state index in [4.69, 9.17) is 0 Å². The number of aryl methyl sites for hydroxylation is 1. The first-order chi connectivity index (χ1) is 19.2. The summed E-state index contributed by atoms with van der Waals surface area (Å²) in [5.74, 6) is 0.165. The molecule has 3 heterocycles. The summed E-state index contributed by atoms with van der Waals surface area (Å²) in [7, 11) is 1.78. The minimum absolute atomic E-state index is 0.0513. The van der Waals surface area contributed by atoms with E-state index in [2.05, 4.69) is 10.2 Å². The number of aromatic nitrogens is 1. The van der Waals surface area contributed by atoms with Gasteiger partial charge in [-0.2, -0.15) is 13.2 Å². The number of carbonyl (C=O) groups is 2. The Morgan fingerprint density at radius 3 is 2.27 bits per heavy atom. The molecule has 212 valence electrons. The molecule has 2 fully saturated rings. The first-order valence-corrected chi connectivity index (χ1v) is 13.9. The van der Waals surface area contributed by atoms with Gasteiger partial charge in [0.25, 0.3) is 11.8 Å². The molecule has 6 nitrogen and oxygen atoms in total. The predicted octanol–water partition coefficient (Wildman–Crippen LogP) is 6.30. The van der Waals surface area contributed by atoms with Crippen LogP contribution in [0.15, 0.2) is 60.8 Å². The first-order valence-electron chi connectivity index (χ1n) is 13.9. The summed E-state index contributed by atoms with van der Waals surface area (Å²) in [5.41, 5.74) is 1.60. The number of alkyl halides is 3. The van der Waals surface area contributed by atoms with Crippen molar-refractivity contribution >= 4 is 17.5 Å². The van der Waals surface area contributed by atoms with Crippen LogP contribution in [0.25, 0.3) is 11.1 Å². The number of benzene rings is 2. The number of anilines is 1. The van der Waals surface area contributed by atoms with Gasteiger partial charge in [0.1, 0.15) is 5.69 Å². The topological polar surface area (TPSA) is 57.6 Å². The Balaban J connectivity index is 1.23. The number of piperidine rings is 2. The standard InChI is InChI=1S/C31H35F3N4O2/c1-36-21-25(19-28(36)30(40)38-17-13-22(14-18-38)20-37-15-5-2-6-16-37)35-29(39)27-8-4-3-7-26(27)23-9-11-24(12-10-23)31(32,33)34/h3-4,7-12,19,21-22H,2,5-6,13-18,20H2,1H3,(H,35,39). The highest BCUT2D eigenvalue weighted by Crippen LogP contribution is 2.32. The normalized spacial score (nSPS) is 17.1. The third-order valence-electron chi connectivity index (χ3n) is 8.04. The van der Waals surface area contributed by atoms with E-state index in [1.807, 2.05) is 4.90 Å². The van der Waals surface area contributed by atoms with Crippen molar-refractivity contribution in [2.45, 2.75) is 38.3 Å². The van der Waals surface area contributed by atoms with Crippen molar-refractivity contribution in [1.29, 1.82) is 0 Å². The Hall–Kier alpha value is -3.59. The number of carbonyl (C=O) groups excluding carboxylic acids is 2. The fourth-order valence-electron chi connectivity index (χ4n) is 5.80. The lowest BCUT2D eigenvalue weighted by Gasteiger charge is -2.36. The molecule has 0 bridgehead atoms. The zero-order valence-electron chi connectivity index (χ0n) is 22.7. The highest BCUT2D eigenvalue weighted by atomic mass is 19.4. The first kappa shape index (κ1) is 28.0. The number of likely N-dealkylation sites (tertiary alicyclic amines) is 2. The number of hydrogen-bond donors (Lipinski definition) is 1. The smallest absolute Gasteiger partial charge is 0.344 e. The summed E-state index contributed by atoms with van der Waals surface area (Å²) < 4.78 is 40.7. The lowest BCUT2D eigenvalue weighted by molar-refractivity contribution is -0.137. The van der Waals surface area contributed by atoms with Crippen LogP contribution < -0.4 is 5.32 Å². The summed E-state index contributed by atoms with van der Waals surface area (Å²) in [4.78, 5) is 31.0. The average molecular weight is 553 g/mol. The van der Waals surface area contributed by atoms with Crippen molar-refractivity contribution in [1.82, 2.24) is 14.4 Å². The van der Waals surface area contributed by atoms with Gasteiger partial charge in [-0.25, -0.2) is 0 Å². The van der Waals surface area contributed by atoms with E-state index in [0.29, 0.717) is 34.0 Å². The Labute approximate surface area is 232 Å². The maximum atomic E-state index is 13.3. The van der Waals surface area contributed by atoms with Crippen LogP contribution in [0.2, 0.25) is 0 Å². The van der Waals surface area contributed by atoms with Crippen molar-refractivity contribution in [3.05, 3.63) is 77.6 Å². The second-order valence-corrected chi connectivity index (χ2v) is 10.9. The molecule has 0 radical (unpaired) electrons. The monoisotopic (exact) mass is 552 g/mol. The van der Waals surface area contributed by atoms with Gasteiger partial charge >= 0.3 is 6.18 Å². The molecule has 2 aliphatic heterocycles. The van der Waals surface area contributed by atoms with Crippen LogP contribution in [-0.4, -0.2) is 58.9 Å². The van der Waals surface area contributed by atoms with E-state index in [9.17, 15) is 22.8 Å². The number of hydrogen-bond acceptors (Lipinski definition) is 3. The van der Waals surface area contributed by atoms with Gasteiger partial charge in [-0.1, -0.05) is 36.8 Å². The Kier molecular flexibility index (Phi) is 8.30. The Morgan fingerprint density at radius 1 is 0.925 bits per heavy atom. The molecule has 0 aliphatic carbocycles. The van der Waals surface area contributed by atoms with Gasteiger partial charge in [0, 0.05) is 38.4 Å². The molecule has 40 heavy (non-hydrogen) atoms. The highest BCUT2D eigenvalue weighted by Gasteiger charge is 2.30. The molecule has 0 spiro atoms. The average Bonchev–Trinajstić information content (AvgIpc) is 3.32. The van der Waals surface area contributed by atoms with E-state index < -0.39 is 17.6 Å². The number of halogens is 3.